The van der Waals surface area contributed by atoms with E-state index in [4.69, 9.17) is 14.2 Å². The number of rotatable bonds is 8. The summed E-state index contributed by atoms with van der Waals surface area (Å²) in [6.45, 7) is 5.65. The Labute approximate surface area is 144 Å². The van der Waals surface area contributed by atoms with Gasteiger partial charge in [0.2, 0.25) is 0 Å². The lowest BCUT2D eigenvalue weighted by atomic mass is 10.3. The minimum Gasteiger partial charge on any atom is -0.490 e. The van der Waals surface area contributed by atoms with Gasteiger partial charge in [0.15, 0.2) is 11.5 Å². The summed E-state index contributed by atoms with van der Waals surface area (Å²) in [5.74, 6) is 2.38. The van der Waals surface area contributed by atoms with Crippen molar-refractivity contribution in [2.24, 2.45) is 0 Å². The number of morpholine rings is 1. The average Bonchev–Trinajstić information content (AvgIpc) is 2.64. The van der Waals surface area contributed by atoms with Gasteiger partial charge in [0.1, 0.15) is 5.75 Å². The molecule has 0 N–H and O–H groups in total. The predicted octanol–water partition coefficient (Wildman–Crippen LogP) is 3.97. The van der Waals surface area contributed by atoms with Gasteiger partial charge in [-0.2, -0.15) is 0 Å². The van der Waals surface area contributed by atoms with Gasteiger partial charge in [-0.15, -0.1) is 0 Å². The molecule has 2 aromatic rings. The zero-order chi connectivity index (χ0) is 16.5. The Morgan fingerprint density at radius 3 is 2.33 bits per heavy atom. The van der Waals surface area contributed by atoms with Crippen molar-refractivity contribution >= 4 is 0 Å². The normalized spacial score (nSPS) is 15.2. The average molecular weight is 327 g/mol. The second kappa shape index (κ2) is 9.30. The van der Waals surface area contributed by atoms with E-state index in [0.29, 0.717) is 6.61 Å². The second-order valence-corrected chi connectivity index (χ2v) is 5.87. The summed E-state index contributed by atoms with van der Waals surface area (Å²) in [5.41, 5.74) is 0. The second-order valence-electron chi connectivity index (χ2n) is 5.87. The molecule has 0 saturated carbocycles. The first-order chi connectivity index (χ1) is 11.9. The minimum absolute atomic E-state index is 0.708. The molecule has 0 aromatic heterocycles. The highest BCUT2D eigenvalue weighted by Crippen LogP contribution is 2.31. The van der Waals surface area contributed by atoms with Gasteiger partial charge in [0.05, 0.1) is 19.8 Å². The van der Waals surface area contributed by atoms with Gasteiger partial charge < -0.3 is 14.2 Å². The molecule has 24 heavy (non-hydrogen) atoms. The lowest BCUT2D eigenvalue weighted by Gasteiger charge is -2.26. The van der Waals surface area contributed by atoms with E-state index in [-0.39, 0.29) is 0 Å². The minimum atomic E-state index is 0.708. The molecule has 4 nitrogen and oxygen atoms in total. The van der Waals surface area contributed by atoms with Crippen molar-refractivity contribution in [1.29, 1.82) is 0 Å². The van der Waals surface area contributed by atoms with Gasteiger partial charge >= 0.3 is 0 Å². The molecule has 0 spiro atoms. The maximum absolute atomic E-state index is 5.93. The molecule has 0 unspecified atom stereocenters. The van der Waals surface area contributed by atoms with E-state index in [1.165, 1.54) is 0 Å². The van der Waals surface area contributed by atoms with Crippen molar-refractivity contribution < 1.29 is 14.2 Å². The van der Waals surface area contributed by atoms with Gasteiger partial charge in [0, 0.05) is 13.1 Å². The Morgan fingerprint density at radius 1 is 0.833 bits per heavy atom. The van der Waals surface area contributed by atoms with Crippen molar-refractivity contribution in [3.63, 3.8) is 0 Å². The number of nitrogens with zero attached hydrogens (tertiary/aromatic N) is 1. The van der Waals surface area contributed by atoms with Crippen molar-refractivity contribution in [2.45, 2.75) is 12.8 Å². The molecular formula is C20H25NO3. The fourth-order valence-electron chi connectivity index (χ4n) is 2.71. The maximum atomic E-state index is 5.93. The van der Waals surface area contributed by atoms with Crippen LogP contribution < -0.4 is 9.47 Å². The van der Waals surface area contributed by atoms with E-state index >= 15 is 0 Å². The molecule has 0 aliphatic carbocycles. The molecular weight excluding hydrogens is 302 g/mol. The lowest BCUT2D eigenvalue weighted by Crippen LogP contribution is -2.36. The van der Waals surface area contributed by atoms with Gasteiger partial charge in [-0.1, -0.05) is 30.3 Å². The SMILES string of the molecule is c1ccc(Oc2ccccc2OCCCCN2CCOCC2)cc1. The summed E-state index contributed by atoms with van der Waals surface area (Å²) in [5, 5.41) is 0. The number of hydrogen-bond acceptors (Lipinski definition) is 4. The Balaban J connectivity index is 1.43. The summed E-state index contributed by atoms with van der Waals surface area (Å²) >= 11 is 0. The van der Waals surface area contributed by atoms with Gasteiger partial charge in [0.25, 0.3) is 0 Å². The first-order valence-corrected chi connectivity index (χ1v) is 8.67. The molecule has 0 amide bonds. The molecule has 1 fully saturated rings. The molecule has 0 radical (unpaired) electrons. The molecule has 1 aliphatic heterocycles. The van der Waals surface area contributed by atoms with Crippen LogP contribution in [-0.4, -0.2) is 44.4 Å². The van der Waals surface area contributed by atoms with Crippen molar-refractivity contribution in [2.75, 3.05) is 39.5 Å². The van der Waals surface area contributed by atoms with E-state index in [1.807, 2.05) is 54.6 Å². The third kappa shape index (κ3) is 5.25. The maximum Gasteiger partial charge on any atom is 0.169 e. The quantitative estimate of drug-likeness (QED) is 0.687. The largest absolute Gasteiger partial charge is 0.490 e. The summed E-state index contributed by atoms with van der Waals surface area (Å²) in [7, 11) is 0. The summed E-state index contributed by atoms with van der Waals surface area (Å²) < 4.78 is 17.2. The third-order valence-corrected chi connectivity index (χ3v) is 4.05. The van der Waals surface area contributed by atoms with Gasteiger partial charge in [-0.25, -0.2) is 0 Å². The predicted molar refractivity (Wildman–Crippen MR) is 94.9 cm³/mol. The highest BCUT2D eigenvalue weighted by molar-refractivity contribution is 5.42. The number of ether oxygens (including phenoxy) is 3. The molecule has 0 bridgehead atoms. The van der Waals surface area contributed by atoms with Crippen molar-refractivity contribution in [3.8, 4) is 17.2 Å². The van der Waals surface area contributed by atoms with Crippen molar-refractivity contribution in [3.05, 3.63) is 54.6 Å². The molecule has 0 atom stereocenters. The molecule has 3 rings (SSSR count). The monoisotopic (exact) mass is 327 g/mol. The standard InChI is InChI=1S/C20H25NO3/c1-2-8-18(9-3-1)24-20-11-5-4-10-19(20)23-15-7-6-12-21-13-16-22-17-14-21/h1-5,8-11H,6-7,12-17H2. The van der Waals surface area contributed by atoms with E-state index in [1.54, 1.807) is 0 Å². The highest BCUT2D eigenvalue weighted by atomic mass is 16.5. The highest BCUT2D eigenvalue weighted by Gasteiger charge is 2.09. The summed E-state index contributed by atoms with van der Waals surface area (Å²) in [6, 6.07) is 17.6. The first-order valence-electron chi connectivity index (χ1n) is 8.67. The zero-order valence-corrected chi connectivity index (χ0v) is 14.0. The third-order valence-electron chi connectivity index (χ3n) is 4.05. The van der Waals surface area contributed by atoms with Crippen LogP contribution in [0.3, 0.4) is 0 Å². The molecule has 2 aromatic carbocycles. The summed E-state index contributed by atoms with van der Waals surface area (Å²) in [4.78, 5) is 2.45. The van der Waals surface area contributed by atoms with Crippen molar-refractivity contribution in [1.82, 2.24) is 4.90 Å². The molecule has 128 valence electrons. The molecule has 4 heteroatoms. The number of unbranched alkanes of at least 4 members (excludes halogenated alkanes) is 1. The van der Waals surface area contributed by atoms with Crippen LogP contribution in [0.25, 0.3) is 0 Å². The fraction of sp³-hybridized carbons (Fsp3) is 0.400. The molecule has 1 heterocycles. The van der Waals surface area contributed by atoms with Crippen LogP contribution >= 0.6 is 0 Å². The summed E-state index contributed by atoms with van der Waals surface area (Å²) in [6.07, 6.45) is 2.18. The van der Waals surface area contributed by atoms with Crippen LogP contribution in [0.2, 0.25) is 0 Å². The number of benzene rings is 2. The Morgan fingerprint density at radius 2 is 1.54 bits per heavy atom. The van der Waals surface area contributed by atoms with E-state index in [0.717, 1.165) is 62.9 Å². The molecule has 1 aliphatic rings. The van der Waals surface area contributed by atoms with Crippen LogP contribution in [0.5, 0.6) is 17.2 Å². The van der Waals surface area contributed by atoms with Gasteiger partial charge in [-0.3, -0.25) is 4.90 Å². The Kier molecular flexibility index (Phi) is 6.51. The first kappa shape index (κ1) is 16.8. The van der Waals surface area contributed by atoms with Crippen LogP contribution in [0, 0.1) is 0 Å². The zero-order valence-electron chi connectivity index (χ0n) is 14.0. The fourth-order valence-corrected chi connectivity index (χ4v) is 2.71. The topological polar surface area (TPSA) is 30.9 Å². The van der Waals surface area contributed by atoms with Crippen LogP contribution in [0.4, 0.5) is 0 Å². The molecule has 1 saturated heterocycles. The van der Waals surface area contributed by atoms with E-state index in [9.17, 15) is 0 Å². The Hall–Kier alpha value is -2.04. The van der Waals surface area contributed by atoms with E-state index < -0.39 is 0 Å². The number of hydrogen-bond donors (Lipinski definition) is 0. The van der Waals surface area contributed by atoms with Crippen LogP contribution in [0.15, 0.2) is 54.6 Å². The van der Waals surface area contributed by atoms with Crippen LogP contribution in [-0.2, 0) is 4.74 Å². The van der Waals surface area contributed by atoms with Crippen LogP contribution in [0.1, 0.15) is 12.8 Å². The lowest BCUT2D eigenvalue weighted by molar-refractivity contribution is 0.0368. The smallest absolute Gasteiger partial charge is 0.169 e. The Bertz CT molecular complexity index is 597. The van der Waals surface area contributed by atoms with E-state index in [2.05, 4.69) is 4.90 Å². The van der Waals surface area contributed by atoms with Gasteiger partial charge in [-0.05, 0) is 43.7 Å². The number of para-hydroxylation sites is 3.